The number of sulfone groups is 1. The van der Waals surface area contributed by atoms with Crippen molar-refractivity contribution in [3.8, 4) is 11.3 Å². The SMILES string of the molecule is CC(C)S(=O)(=O)c1ccc(-c2cnc3[nH]cc(C(=O)Nc4cccc(N)c4)c3n2)cc1. The van der Waals surface area contributed by atoms with Gasteiger partial charge < -0.3 is 16.0 Å². The van der Waals surface area contributed by atoms with E-state index < -0.39 is 15.1 Å². The maximum absolute atomic E-state index is 12.8. The molecule has 31 heavy (non-hydrogen) atoms. The average molecular weight is 436 g/mol. The summed E-state index contributed by atoms with van der Waals surface area (Å²) >= 11 is 0. The first-order valence-corrected chi connectivity index (χ1v) is 11.2. The zero-order valence-corrected chi connectivity index (χ0v) is 17.8. The van der Waals surface area contributed by atoms with Crippen LogP contribution in [-0.2, 0) is 9.84 Å². The third-order valence-electron chi connectivity index (χ3n) is 4.87. The molecule has 0 saturated heterocycles. The van der Waals surface area contributed by atoms with Gasteiger partial charge in [0.1, 0.15) is 5.52 Å². The fourth-order valence-corrected chi connectivity index (χ4v) is 4.17. The Kier molecular flexibility index (Phi) is 5.20. The normalized spacial score (nSPS) is 11.7. The van der Waals surface area contributed by atoms with Gasteiger partial charge in [-0.25, -0.2) is 18.4 Å². The van der Waals surface area contributed by atoms with Crippen molar-refractivity contribution in [3.63, 3.8) is 0 Å². The molecule has 4 rings (SSSR count). The molecule has 0 bridgehead atoms. The summed E-state index contributed by atoms with van der Waals surface area (Å²) in [4.78, 5) is 24.9. The maximum atomic E-state index is 12.8. The molecule has 2 heterocycles. The van der Waals surface area contributed by atoms with Gasteiger partial charge in [-0.05, 0) is 44.2 Å². The van der Waals surface area contributed by atoms with Crippen LogP contribution in [0.4, 0.5) is 11.4 Å². The van der Waals surface area contributed by atoms with E-state index in [1.807, 2.05) is 0 Å². The Balaban J connectivity index is 1.66. The van der Waals surface area contributed by atoms with Crippen LogP contribution in [0.15, 0.2) is 65.8 Å². The molecule has 0 spiro atoms. The number of anilines is 2. The molecule has 1 amide bonds. The molecule has 0 radical (unpaired) electrons. The van der Waals surface area contributed by atoms with Gasteiger partial charge in [0.15, 0.2) is 15.5 Å². The summed E-state index contributed by atoms with van der Waals surface area (Å²) in [6.45, 7) is 3.29. The largest absolute Gasteiger partial charge is 0.399 e. The lowest BCUT2D eigenvalue weighted by molar-refractivity contribution is 0.102. The Bertz CT molecular complexity index is 1380. The zero-order valence-electron chi connectivity index (χ0n) is 17.0. The number of carbonyl (C=O) groups is 1. The lowest BCUT2D eigenvalue weighted by atomic mass is 10.1. The number of H-pyrrole nitrogens is 1. The van der Waals surface area contributed by atoms with Crippen LogP contribution in [-0.4, -0.2) is 34.5 Å². The van der Waals surface area contributed by atoms with Gasteiger partial charge in [0, 0.05) is 23.1 Å². The molecule has 9 heteroatoms. The number of nitrogen functional groups attached to an aromatic ring is 1. The number of hydrogen-bond donors (Lipinski definition) is 3. The van der Waals surface area contributed by atoms with E-state index >= 15 is 0 Å². The summed E-state index contributed by atoms with van der Waals surface area (Å²) in [5, 5.41) is 2.29. The first-order valence-electron chi connectivity index (χ1n) is 9.61. The van der Waals surface area contributed by atoms with Crippen LogP contribution in [0.5, 0.6) is 0 Å². The van der Waals surface area contributed by atoms with Gasteiger partial charge in [-0.2, -0.15) is 0 Å². The van der Waals surface area contributed by atoms with E-state index in [4.69, 9.17) is 5.73 Å². The number of aromatic nitrogens is 3. The topological polar surface area (TPSA) is 131 Å². The van der Waals surface area contributed by atoms with Crippen molar-refractivity contribution in [1.82, 2.24) is 15.0 Å². The van der Waals surface area contributed by atoms with Crippen LogP contribution >= 0.6 is 0 Å². The van der Waals surface area contributed by atoms with E-state index in [1.54, 1.807) is 74.8 Å². The summed E-state index contributed by atoms with van der Waals surface area (Å²) in [6.07, 6.45) is 3.12. The fraction of sp³-hybridized carbons (Fsp3) is 0.136. The molecule has 0 aliphatic heterocycles. The van der Waals surface area contributed by atoms with E-state index in [2.05, 4.69) is 20.3 Å². The highest BCUT2D eigenvalue weighted by Crippen LogP contribution is 2.24. The lowest BCUT2D eigenvalue weighted by Gasteiger charge is -2.08. The minimum absolute atomic E-state index is 0.254. The van der Waals surface area contributed by atoms with Crippen LogP contribution in [0.3, 0.4) is 0 Å². The van der Waals surface area contributed by atoms with Crippen LogP contribution in [0.25, 0.3) is 22.4 Å². The Hall–Kier alpha value is -3.72. The molecule has 0 fully saturated rings. The quantitative estimate of drug-likeness (QED) is 0.410. The number of carbonyl (C=O) groups excluding carboxylic acids is 1. The van der Waals surface area contributed by atoms with Crippen molar-refractivity contribution in [2.75, 3.05) is 11.1 Å². The standard InChI is InChI=1S/C22H21N5O3S/c1-13(2)31(29,30)17-8-6-14(7-9-17)19-12-25-21-20(27-19)18(11-24-21)22(28)26-16-5-3-4-15(23)10-16/h3-13H,23H2,1-2H3,(H,24,25)(H,26,28). The molecule has 0 saturated carbocycles. The monoisotopic (exact) mass is 435 g/mol. The number of rotatable bonds is 5. The van der Waals surface area contributed by atoms with Crippen molar-refractivity contribution in [2.24, 2.45) is 0 Å². The molecular weight excluding hydrogens is 414 g/mol. The minimum Gasteiger partial charge on any atom is -0.399 e. The summed E-state index contributed by atoms with van der Waals surface area (Å²) in [5.74, 6) is -0.346. The van der Waals surface area contributed by atoms with Gasteiger partial charge in [0.2, 0.25) is 0 Å². The predicted octanol–water partition coefficient (Wildman–Crippen LogP) is 3.64. The third kappa shape index (κ3) is 3.99. The first kappa shape index (κ1) is 20.5. The predicted molar refractivity (Wildman–Crippen MR) is 120 cm³/mol. The Morgan fingerprint density at radius 1 is 1.13 bits per heavy atom. The Morgan fingerprint density at radius 3 is 2.55 bits per heavy atom. The molecule has 2 aromatic heterocycles. The molecule has 0 aliphatic rings. The van der Waals surface area contributed by atoms with Crippen molar-refractivity contribution < 1.29 is 13.2 Å². The van der Waals surface area contributed by atoms with E-state index in [9.17, 15) is 13.2 Å². The summed E-state index contributed by atoms with van der Waals surface area (Å²) < 4.78 is 24.7. The number of nitrogens with two attached hydrogens (primary N) is 1. The van der Waals surface area contributed by atoms with Gasteiger partial charge in [-0.1, -0.05) is 18.2 Å². The molecular formula is C22H21N5O3S. The van der Waals surface area contributed by atoms with Gasteiger partial charge in [-0.15, -0.1) is 0 Å². The van der Waals surface area contributed by atoms with Crippen molar-refractivity contribution in [1.29, 1.82) is 0 Å². The number of nitrogens with zero attached hydrogens (tertiary/aromatic N) is 2. The average Bonchev–Trinajstić information content (AvgIpc) is 3.17. The number of nitrogens with one attached hydrogen (secondary N) is 2. The smallest absolute Gasteiger partial charge is 0.259 e. The molecule has 0 unspecified atom stereocenters. The number of benzene rings is 2. The number of fused-ring (bicyclic) bond motifs is 1. The van der Waals surface area contributed by atoms with E-state index in [1.165, 1.54) is 0 Å². The summed E-state index contributed by atoms with van der Waals surface area (Å²) in [6, 6.07) is 13.4. The van der Waals surface area contributed by atoms with Crippen LogP contribution in [0.1, 0.15) is 24.2 Å². The zero-order chi connectivity index (χ0) is 22.2. The van der Waals surface area contributed by atoms with E-state index in [-0.39, 0.29) is 10.8 Å². The van der Waals surface area contributed by atoms with Crippen molar-refractivity contribution in [3.05, 3.63) is 66.5 Å². The number of amides is 1. The Morgan fingerprint density at radius 2 is 1.87 bits per heavy atom. The second-order valence-corrected chi connectivity index (χ2v) is 9.86. The summed E-state index contributed by atoms with van der Waals surface area (Å²) in [5.41, 5.74) is 9.33. The van der Waals surface area contributed by atoms with E-state index in [0.717, 1.165) is 0 Å². The minimum atomic E-state index is -3.36. The van der Waals surface area contributed by atoms with Crippen LogP contribution in [0, 0.1) is 0 Å². The second kappa shape index (κ2) is 7.84. The van der Waals surface area contributed by atoms with Gasteiger partial charge in [0.05, 0.1) is 27.6 Å². The van der Waals surface area contributed by atoms with Crippen molar-refractivity contribution >= 4 is 38.3 Å². The van der Waals surface area contributed by atoms with Crippen molar-refractivity contribution in [2.45, 2.75) is 24.0 Å². The van der Waals surface area contributed by atoms with Gasteiger partial charge in [0.25, 0.3) is 5.91 Å². The maximum Gasteiger partial charge on any atom is 0.259 e. The molecule has 0 atom stereocenters. The highest BCUT2D eigenvalue weighted by Gasteiger charge is 2.19. The highest BCUT2D eigenvalue weighted by molar-refractivity contribution is 7.92. The molecule has 4 N–H and O–H groups in total. The third-order valence-corrected chi connectivity index (χ3v) is 7.04. The molecule has 0 aliphatic carbocycles. The van der Waals surface area contributed by atoms with Gasteiger partial charge in [-0.3, -0.25) is 4.79 Å². The highest BCUT2D eigenvalue weighted by atomic mass is 32.2. The Labute approximate surface area is 179 Å². The van der Waals surface area contributed by atoms with Gasteiger partial charge >= 0.3 is 0 Å². The van der Waals surface area contributed by atoms with Crippen LogP contribution in [0.2, 0.25) is 0 Å². The molecule has 2 aromatic carbocycles. The van der Waals surface area contributed by atoms with Crippen LogP contribution < -0.4 is 11.1 Å². The number of aromatic amines is 1. The molecule has 158 valence electrons. The first-order chi connectivity index (χ1) is 14.8. The fourth-order valence-electron chi connectivity index (χ4n) is 3.11. The lowest BCUT2D eigenvalue weighted by Crippen LogP contribution is -2.13. The molecule has 8 nitrogen and oxygen atoms in total. The second-order valence-electron chi connectivity index (χ2n) is 7.35. The molecule has 4 aromatic rings. The van der Waals surface area contributed by atoms with E-state index in [0.29, 0.717) is 39.4 Å². The summed E-state index contributed by atoms with van der Waals surface area (Å²) in [7, 11) is -3.36. The number of hydrogen-bond acceptors (Lipinski definition) is 6.